The average molecular weight is 251 g/mol. The second-order valence-electron chi connectivity index (χ2n) is 4.14. The molecule has 1 unspecified atom stereocenters. The summed E-state index contributed by atoms with van der Waals surface area (Å²) < 4.78 is 27.6. The highest BCUT2D eigenvalue weighted by Crippen LogP contribution is 1.98. The predicted octanol–water partition coefficient (Wildman–Crippen LogP) is 1.22. The van der Waals surface area contributed by atoms with Crippen molar-refractivity contribution in [1.29, 1.82) is 0 Å². The Balaban J connectivity index is 3.89. The van der Waals surface area contributed by atoms with Gasteiger partial charge in [-0.3, -0.25) is 0 Å². The normalized spacial score (nSPS) is 13.9. The lowest BCUT2D eigenvalue weighted by atomic mass is 10.2. The Morgan fingerprint density at radius 2 is 1.94 bits per heavy atom. The number of sulfone groups is 1. The van der Waals surface area contributed by atoms with Crippen molar-refractivity contribution in [3.63, 3.8) is 0 Å². The van der Waals surface area contributed by atoms with Gasteiger partial charge in [-0.15, -0.1) is 0 Å². The lowest BCUT2D eigenvalue weighted by molar-refractivity contribution is 0.111. The van der Waals surface area contributed by atoms with E-state index in [1.165, 1.54) is 6.26 Å². The second kappa shape index (κ2) is 8.96. The van der Waals surface area contributed by atoms with Gasteiger partial charge in [0.15, 0.2) is 0 Å². The Labute approximate surface area is 99.7 Å². The molecule has 0 aromatic rings. The van der Waals surface area contributed by atoms with Gasteiger partial charge < -0.3 is 10.1 Å². The summed E-state index contributed by atoms with van der Waals surface area (Å²) in [4.78, 5) is 0. The van der Waals surface area contributed by atoms with Crippen LogP contribution in [0.15, 0.2) is 0 Å². The van der Waals surface area contributed by atoms with E-state index in [0.29, 0.717) is 13.0 Å². The molecule has 16 heavy (non-hydrogen) atoms. The van der Waals surface area contributed by atoms with Gasteiger partial charge in [0, 0.05) is 18.9 Å². The van der Waals surface area contributed by atoms with Crippen LogP contribution < -0.4 is 5.32 Å². The molecular formula is C11H25NO3S. The molecule has 0 aromatic carbocycles. The molecule has 0 radical (unpaired) electrons. The predicted molar refractivity (Wildman–Crippen MR) is 67.5 cm³/mol. The van der Waals surface area contributed by atoms with Crippen LogP contribution in [0.2, 0.25) is 0 Å². The lowest BCUT2D eigenvalue weighted by Crippen LogP contribution is -2.35. The van der Waals surface area contributed by atoms with E-state index in [1.807, 2.05) is 0 Å². The fourth-order valence-electron chi connectivity index (χ4n) is 1.32. The van der Waals surface area contributed by atoms with Crippen molar-refractivity contribution in [2.24, 2.45) is 0 Å². The largest absolute Gasteiger partial charge is 0.380 e. The molecule has 0 saturated carbocycles. The van der Waals surface area contributed by atoms with E-state index < -0.39 is 9.84 Å². The summed E-state index contributed by atoms with van der Waals surface area (Å²) in [6.07, 6.45) is 3.94. The standard InChI is InChI=1S/C11H25NO3S/c1-4-7-12-11(10-15-8-5-2)6-9-16(3,13)14/h11-12H,4-10H2,1-3H3. The summed E-state index contributed by atoms with van der Waals surface area (Å²) in [6, 6.07) is 0.154. The van der Waals surface area contributed by atoms with Gasteiger partial charge >= 0.3 is 0 Å². The first-order valence-electron chi connectivity index (χ1n) is 5.98. The van der Waals surface area contributed by atoms with E-state index in [1.54, 1.807) is 0 Å². The number of rotatable bonds is 10. The van der Waals surface area contributed by atoms with E-state index in [9.17, 15) is 8.42 Å². The monoisotopic (exact) mass is 251 g/mol. The summed E-state index contributed by atoms with van der Waals surface area (Å²) in [7, 11) is -2.87. The quantitative estimate of drug-likeness (QED) is 0.593. The number of ether oxygens (including phenoxy) is 1. The molecule has 98 valence electrons. The fraction of sp³-hybridized carbons (Fsp3) is 1.00. The van der Waals surface area contributed by atoms with Gasteiger partial charge in [0.1, 0.15) is 9.84 Å². The smallest absolute Gasteiger partial charge is 0.147 e. The zero-order valence-electron chi connectivity index (χ0n) is 10.7. The molecule has 0 fully saturated rings. The molecule has 1 N–H and O–H groups in total. The average Bonchev–Trinajstić information content (AvgIpc) is 2.20. The van der Waals surface area contributed by atoms with Gasteiger partial charge in [0.25, 0.3) is 0 Å². The van der Waals surface area contributed by atoms with Crippen molar-refractivity contribution in [3.8, 4) is 0 Å². The van der Waals surface area contributed by atoms with Crippen LogP contribution in [0.1, 0.15) is 33.1 Å². The Morgan fingerprint density at radius 1 is 1.25 bits per heavy atom. The first-order chi connectivity index (χ1) is 7.49. The van der Waals surface area contributed by atoms with Crippen LogP contribution >= 0.6 is 0 Å². The number of hydrogen-bond donors (Lipinski definition) is 1. The van der Waals surface area contributed by atoms with Crippen LogP contribution in [0.5, 0.6) is 0 Å². The highest BCUT2D eigenvalue weighted by molar-refractivity contribution is 7.90. The SMILES string of the molecule is CCCNC(CCS(C)(=O)=O)COCCC. The maximum Gasteiger partial charge on any atom is 0.147 e. The summed E-state index contributed by atoms with van der Waals surface area (Å²) in [5.41, 5.74) is 0. The van der Waals surface area contributed by atoms with Gasteiger partial charge in [-0.25, -0.2) is 8.42 Å². The molecule has 1 atom stereocenters. The molecule has 4 nitrogen and oxygen atoms in total. The summed E-state index contributed by atoms with van der Waals surface area (Å²) in [5.74, 6) is 0.226. The zero-order valence-corrected chi connectivity index (χ0v) is 11.5. The van der Waals surface area contributed by atoms with E-state index in [0.717, 1.165) is 26.0 Å². The minimum absolute atomic E-state index is 0.154. The van der Waals surface area contributed by atoms with Gasteiger partial charge in [-0.05, 0) is 25.8 Å². The molecule has 0 aliphatic heterocycles. The van der Waals surface area contributed by atoms with Crippen LogP contribution in [0.4, 0.5) is 0 Å². The molecule has 0 aliphatic carbocycles. The van der Waals surface area contributed by atoms with E-state index >= 15 is 0 Å². The highest BCUT2D eigenvalue weighted by Gasteiger charge is 2.11. The molecular weight excluding hydrogens is 226 g/mol. The molecule has 0 aromatic heterocycles. The molecule has 0 aliphatic rings. The maximum absolute atomic E-state index is 11.1. The van der Waals surface area contributed by atoms with Crippen molar-refractivity contribution >= 4 is 9.84 Å². The van der Waals surface area contributed by atoms with Gasteiger partial charge in [0.2, 0.25) is 0 Å². The molecule has 5 heteroatoms. The van der Waals surface area contributed by atoms with Crippen molar-refractivity contribution in [3.05, 3.63) is 0 Å². The van der Waals surface area contributed by atoms with Crippen LogP contribution in [0.25, 0.3) is 0 Å². The summed E-state index contributed by atoms with van der Waals surface area (Å²) in [6.45, 7) is 6.40. The van der Waals surface area contributed by atoms with Crippen molar-refractivity contribution in [1.82, 2.24) is 5.32 Å². The third-order valence-electron chi connectivity index (χ3n) is 2.19. The van der Waals surface area contributed by atoms with Crippen LogP contribution in [-0.2, 0) is 14.6 Å². The van der Waals surface area contributed by atoms with Gasteiger partial charge in [-0.2, -0.15) is 0 Å². The number of nitrogens with one attached hydrogen (secondary N) is 1. The van der Waals surface area contributed by atoms with Gasteiger partial charge in [0.05, 0.1) is 12.4 Å². The Kier molecular flexibility index (Phi) is 8.89. The zero-order chi connectivity index (χ0) is 12.4. The van der Waals surface area contributed by atoms with Crippen LogP contribution in [-0.4, -0.2) is 46.2 Å². The third-order valence-corrected chi connectivity index (χ3v) is 3.16. The highest BCUT2D eigenvalue weighted by atomic mass is 32.2. The van der Waals surface area contributed by atoms with E-state index in [2.05, 4.69) is 19.2 Å². The van der Waals surface area contributed by atoms with Crippen LogP contribution in [0, 0.1) is 0 Å². The van der Waals surface area contributed by atoms with Crippen molar-refractivity contribution in [2.75, 3.05) is 31.8 Å². The molecule has 0 bridgehead atoms. The first-order valence-corrected chi connectivity index (χ1v) is 8.04. The Morgan fingerprint density at radius 3 is 2.44 bits per heavy atom. The second-order valence-corrected chi connectivity index (χ2v) is 6.40. The molecule has 0 rings (SSSR count). The molecule has 0 amide bonds. The minimum Gasteiger partial charge on any atom is -0.380 e. The topological polar surface area (TPSA) is 55.4 Å². The van der Waals surface area contributed by atoms with Crippen molar-refractivity contribution < 1.29 is 13.2 Å². The minimum atomic E-state index is -2.87. The fourth-order valence-corrected chi connectivity index (χ4v) is 2.03. The van der Waals surface area contributed by atoms with Crippen molar-refractivity contribution in [2.45, 2.75) is 39.2 Å². The van der Waals surface area contributed by atoms with E-state index in [4.69, 9.17) is 4.74 Å². The third kappa shape index (κ3) is 10.4. The molecule has 0 heterocycles. The van der Waals surface area contributed by atoms with Crippen LogP contribution in [0.3, 0.4) is 0 Å². The molecule has 0 saturated heterocycles. The van der Waals surface area contributed by atoms with E-state index in [-0.39, 0.29) is 11.8 Å². The van der Waals surface area contributed by atoms with Gasteiger partial charge in [-0.1, -0.05) is 13.8 Å². The summed E-state index contributed by atoms with van der Waals surface area (Å²) in [5, 5.41) is 3.31. The first kappa shape index (κ1) is 15.9. The molecule has 0 spiro atoms. The summed E-state index contributed by atoms with van der Waals surface area (Å²) >= 11 is 0. The number of hydrogen-bond acceptors (Lipinski definition) is 4. The lowest BCUT2D eigenvalue weighted by Gasteiger charge is -2.18. The maximum atomic E-state index is 11.1. The Hall–Kier alpha value is -0.130. The Bertz CT molecular complexity index is 252.